The molecule has 207 valence electrons. The van der Waals surface area contributed by atoms with Gasteiger partial charge >= 0.3 is 177 Å². The Hall–Kier alpha value is -2.74. The minimum Gasteiger partial charge on any atom is 0 e. The van der Waals surface area contributed by atoms with E-state index in [1.807, 2.05) is 49.4 Å². The van der Waals surface area contributed by atoms with Crippen LogP contribution >= 0.6 is 0 Å². The van der Waals surface area contributed by atoms with Gasteiger partial charge in [0.2, 0.25) is 0 Å². The normalized spacial score (nSPS) is 11.9. The number of halogens is 3. The van der Waals surface area contributed by atoms with Crippen molar-refractivity contribution in [3.05, 3.63) is 95.9 Å². The molecule has 8 heteroatoms. The number of rotatable bonds is 4. The van der Waals surface area contributed by atoms with Gasteiger partial charge < -0.3 is 5.11 Å². The number of aromatic nitrogens is 1. The van der Waals surface area contributed by atoms with Crippen LogP contribution in [0.2, 0.25) is 17.3 Å². The van der Waals surface area contributed by atoms with E-state index < -0.39 is 25.0 Å². The van der Waals surface area contributed by atoms with Crippen LogP contribution < -0.4 is 4.40 Å². The van der Waals surface area contributed by atoms with Crippen molar-refractivity contribution in [1.29, 1.82) is 0 Å². The van der Waals surface area contributed by atoms with E-state index in [1.165, 1.54) is 30.4 Å². The van der Waals surface area contributed by atoms with Crippen molar-refractivity contribution in [2.45, 2.75) is 44.2 Å². The fourth-order valence-corrected chi connectivity index (χ4v) is 6.51. The summed E-state index contributed by atoms with van der Waals surface area (Å²) in [5.74, 6) is 6.72. The van der Waals surface area contributed by atoms with Gasteiger partial charge in [0.25, 0.3) is 0 Å². The van der Waals surface area contributed by atoms with Crippen molar-refractivity contribution in [3.63, 3.8) is 0 Å². The Morgan fingerprint density at radius 3 is 2.13 bits per heavy atom. The minimum atomic E-state index is -4.48. The number of ketones is 1. The molecule has 1 radical (unpaired) electrons. The molecule has 3 aromatic carbocycles. The predicted molar refractivity (Wildman–Crippen MR) is 151 cm³/mol. The van der Waals surface area contributed by atoms with Crippen molar-refractivity contribution in [1.82, 2.24) is 4.98 Å². The zero-order valence-corrected chi connectivity index (χ0v) is 27.2. The van der Waals surface area contributed by atoms with E-state index in [1.54, 1.807) is 12.1 Å². The summed E-state index contributed by atoms with van der Waals surface area (Å²) in [7, 11) is 0. The van der Waals surface area contributed by atoms with Crippen molar-refractivity contribution >= 4 is 34.2 Å². The van der Waals surface area contributed by atoms with Crippen LogP contribution in [0, 0.1) is 13.0 Å². The molecule has 0 unspecified atom stereocenters. The largest absolute Gasteiger partial charge is 0 e. The van der Waals surface area contributed by atoms with Gasteiger partial charge in [-0.25, -0.2) is 0 Å². The topological polar surface area (TPSA) is 50.2 Å². The van der Waals surface area contributed by atoms with E-state index in [0.717, 1.165) is 22.5 Å². The number of fused-ring (bicyclic) bond motifs is 1. The summed E-state index contributed by atoms with van der Waals surface area (Å²) in [4.78, 5) is 14.2. The average Bonchev–Trinajstić information content (AvgIpc) is 2.82. The maximum Gasteiger partial charge on any atom is 0 e. The molecule has 0 saturated heterocycles. The Bertz CT molecular complexity index is 1490. The third-order valence-electron chi connectivity index (χ3n) is 5.94. The van der Waals surface area contributed by atoms with Crippen molar-refractivity contribution in [3.8, 4) is 22.4 Å². The number of nitrogens with zero attached hydrogens (tertiary/aromatic N) is 1. The van der Waals surface area contributed by atoms with Crippen LogP contribution in [-0.2, 0) is 31.1 Å². The molecule has 0 bridgehead atoms. The van der Waals surface area contributed by atoms with Crippen molar-refractivity contribution < 1.29 is 43.2 Å². The number of aliphatic hydroxyl groups excluding tert-OH is 1. The summed E-state index contributed by atoms with van der Waals surface area (Å²) in [6, 6.07) is 22.2. The fraction of sp³-hybridized carbons (Fsp3) is 0.226. The minimum absolute atomic E-state index is 0. The van der Waals surface area contributed by atoms with Gasteiger partial charge in [-0.1, -0.05) is 6.07 Å². The quantitative estimate of drug-likeness (QED) is 0.0985. The molecule has 39 heavy (non-hydrogen) atoms. The molecule has 0 fully saturated rings. The molecule has 0 saturated carbocycles. The third-order valence-corrected chi connectivity index (χ3v) is 10.3. The zero-order chi connectivity index (χ0) is 28.3. The van der Waals surface area contributed by atoms with Crippen LogP contribution in [-0.4, -0.2) is 29.1 Å². The van der Waals surface area contributed by atoms with Crippen molar-refractivity contribution in [2.75, 3.05) is 0 Å². The number of alkyl halides is 3. The van der Waals surface area contributed by atoms with Gasteiger partial charge in [0.05, 0.1) is 5.76 Å². The summed E-state index contributed by atoms with van der Waals surface area (Å²) in [5, 5.41) is 10.4. The molecule has 3 nitrogen and oxygen atoms in total. The van der Waals surface area contributed by atoms with Crippen LogP contribution in [0.15, 0.2) is 78.7 Å². The Morgan fingerprint density at radius 2 is 1.62 bits per heavy atom. The smallest absolute Gasteiger partial charge is 0 e. The number of hydrogen-bond acceptors (Lipinski definition) is 3. The second kappa shape index (κ2) is 13.1. The van der Waals surface area contributed by atoms with Gasteiger partial charge in [0.15, 0.2) is 5.78 Å². The van der Waals surface area contributed by atoms with E-state index >= 15 is 0 Å². The second-order valence-corrected chi connectivity index (χ2v) is 20.9. The Balaban J connectivity index is 0.000000592. The molecule has 0 aliphatic rings. The van der Waals surface area contributed by atoms with Crippen LogP contribution in [0.5, 0.6) is 0 Å². The van der Waals surface area contributed by atoms with Gasteiger partial charge in [-0.2, -0.15) is 0 Å². The van der Waals surface area contributed by atoms with E-state index in [0.29, 0.717) is 16.8 Å². The molecule has 4 aromatic rings. The Labute approximate surface area is 243 Å². The second-order valence-electron chi connectivity index (χ2n) is 10.2. The number of aliphatic hydroxyl groups is 1. The monoisotopic (exact) mass is 773 g/mol. The molecule has 0 amide bonds. The molecular formula is C31H31F3GeIrNO2-. The molecule has 0 spiro atoms. The zero-order valence-electron chi connectivity index (χ0n) is 22.7. The van der Waals surface area contributed by atoms with Gasteiger partial charge in [0.1, 0.15) is 0 Å². The van der Waals surface area contributed by atoms with E-state index in [4.69, 9.17) is 5.11 Å². The molecule has 1 heterocycles. The summed E-state index contributed by atoms with van der Waals surface area (Å²) in [6.07, 6.45) is -2.37. The first kappa shape index (κ1) is 32.5. The van der Waals surface area contributed by atoms with E-state index in [2.05, 4.69) is 28.3 Å². The van der Waals surface area contributed by atoms with Crippen molar-refractivity contribution in [2.24, 2.45) is 0 Å². The maximum atomic E-state index is 13.8. The number of allylic oxidation sites excluding steroid dienone is 2. The standard InChI is InChI=1S/C26H23F3GeN.C5H8O2.Ir/c1-17-13-20(14-19-7-5-6-8-22(17)19)25-15-23(24(16-31-25)26(27,28)29)18-9-11-21(12-10-18)30(2,3)4;1-4(6)3-5(2)7;/h5-13,15-16H,1-4H3;3,6H,1-2H3;/q-1;;/b;4-3-;. The maximum absolute atomic E-state index is 13.8. The molecule has 4 rings (SSSR count). The first-order valence-corrected chi connectivity index (χ1v) is 19.5. The fourth-order valence-electron chi connectivity index (χ4n) is 4.06. The summed E-state index contributed by atoms with van der Waals surface area (Å²) in [5.41, 5.74) is 2.17. The predicted octanol–water partition coefficient (Wildman–Crippen LogP) is 8.28. The number of carbonyl (C=O) groups excluding carboxylic acids is 1. The Kier molecular flexibility index (Phi) is 10.9. The van der Waals surface area contributed by atoms with E-state index in [9.17, 15) is 18.0 Å². The Morgan fingerprint density at radius 1 is 1.00 bits per heavy atom. The number of carbonyl (C=O) groups is 1. The summed E-state index contributed by atoms with van der Waals surface area (Å²) < 4.78 is 42.6. The number of pyridine rings is 1. The molecule has 1 aromatic heterocycles. The number of aryl methyl sites for hydroxylation is 1. The summed E-state index contributed by atoms with van der Waals surface area (Å²) >= 11 is -2.06. The van der Waals surface area contributed by atoms with Gasteiger partial charge in [-0.15, -0.1) is 0 Å². The van der Waals surface area contributed by atoms with Crippen LogP contribution in [0.25, 0.3) is 33.2 Å². The van der Waals surface area contributed by atoms with Crippen LogP contribution in [0.3, 0.4) is 0 Å². The van der Waals surface area contributed by atoms with Crippen LogP contribution in [0.4, 0.5) is 13.2 Å². The SMILES string of the molecule is CC(=O)/C=C(/C)O.Cc1cc(-c2cc(-c3cc[c]([Ge]([CH3])([CH3])[CH3])cc3)c(C(F)(F)F)cn2)[c-]c2ccccc12.[Ir]. The van der Waals surface area contributed by atoms with E-state index in [-0.39, 0.29) is 37.2 Å². The van der Waals surface area contributed by atoms with Gasteiger partial charge in [-0.05, 0) is 13.8 Å². The molecule has 0 aliphatic carbocycles. The molecule has 0 aliphatic heterocycles. The third kappa shape index (κ3) is 8.62. The first-order chi connectivity index (χ1) is 17.7. The van der Waals surface area contributed by atoms with Crippen LogP contribution in [0.1, 0.15) is 25.0 Å². The van der Waals surface area contributed by atoms with Gasteiger partial charge in [0, 0.05) is 26.2 Å². The first-order valence-electron chi connectivity index (χ1n) is 12.1. The summed E-state index contributed by atoms with van der Waals surface area (Å²) in [6.45, 7) is 4.84. The van der Waals surface area contributed by atoms with Gasteiger partial charge in [-0.3, -0.25) is 4.79 Å². The molecule has 1 N–H and O–H groups in total. The molecular weight excluding hydrogens is 740 g/mol. The molecule has 0 atom stereocenters. The number of benzene rings is 3. The average molecular weight is 771 g/mol. The number of hydrogen-bond donors (Lipinski definition) is 1.